The summed E-state index contributed by atoms with van der Waals surface area (Å²) in [6, 6.07) is 10.2. The smallest absolute Gasteiger partial charge is 0.310 e. The third-order valence-corrected chi connectivity index (χ3v) is 4.35. The predicted molar refractivity (Wildman–Crippen MR) is 88.8 cm³/mol. The maximum Gasteiger partial charge on any atom is 0.310 e. The minimum atomic E-state index is -1.55. The average molecular weight is 355 g/mol. The molecule has 0 aliphatic heterocycles. The van der Waals surface area contributed by atoms with E-state index in [1.807, 2.05) is 6.07 Å². The Hall–Kier alpha value is -3.47. The Morgan fingerprint density at radius 1 is 1.38 bits per heavy atom. The Balaban J connectivity index is 1.83. The van der Waals surface area contributed by atoms with Crippen LogP contribution in [0.2, 0.25) is 0 Å². The standard InChI is InChI=1S/C18H14FN3O4/c1-26-16(24)12-9-18(12,10-20)17(25)21-14-6-5-11(8-13(14)19)22-7-3-2-4-15(22)23/h2-8,12H,9H2,1H3,(H,21,25). The third-order valence-electron chi connectivity index (χ3n) is 4.35. The Bertz CT molecular complexity index is 994. The van der Waals surface area contributed by atoms with Crippen LogP contribution in [-0.2, 0) is 14.3 Å². The van der Waals surface area contributed by atoms with E-state index in [1.165, 1.54) is 36.1 Å². The van der Waals surface area contributed by atoms with Gasteiger partial charge in [-0.1, -0.05) is 6.07 Å². The van der Waals surface area contributed by atoms with Gasteiger partial charge < -0.3 is 10.1 Å². The highest BCUT2D eigenvalue weighted by atomic mass is 19.1. The zero-order valence-corrected chi connectivity index (χ0v) is 13.7. The maximum absolute atomic E-state index is 14.4. The van der Waals surface area contributed by atoms with Crippen molar-refractivity contribution in [2.75, 3.05) is 12.4 Å². The molecule has 1 saturated carbocycles. The van der Waals surface area contributed by atoms with E-state index >= 15 is 0 Å². The van der Waals surface area contributed by atoms with Gasteiger partial charge in [0.2, 0.25) is 5.91 Å². The summed E-state index contributed by atoms with van der Waals surface area (Å²) >= 11 is 0. The molecule has 1 aromatic carbocycles. The van der Waals surface area contributed by atoms with Crippen molar-refractivity contribution in [2.24, 2.45) is 11.3 Å². The number of nitrogens with zero attached hydrogens (tertiary/aromatic N) is 2. The molecule has 26 heavy (non-hydrogen) atoms. The highest BCUT2D eigenvalue weighted by Gasteiger charge is 2.65. The van der Waals surface area contributed by atoms with Crippen LogP contribution in [0.25, 0.3) is 5.69 Å². The number of esters is 1. The summed E-state index contributed by atoms with van der Waals surface area (Å²) in [5.41, 5.74) is -1.73. The lowest BCUT2D eigenvalue weighted by molar-refractivity contribution is -0.143. The second-order valence-electron chi connectivity index (χ2n) is 5.89. The van der Waals surface area contributed by atoms with Crippen LogP contribution in [-0.4, -0.2) is 23.6 Å². The number of aromatic nitrogens is 1. The zero-order chi connectivity index (χ0) is 18.9. The van der Waals surface area contributed by atoms with E-state index in [2.05, 4.69) is 10.1 Å². The van der Waals surface area contributed by atoms with Crippen molar-refractivity contribution in [1.29, 1.82) is 5.26 Å². The number of ether oxygens (including phenoxy) is 1. The van der Waals surface area contributed by atoms with Crippen molar-refractivity contribution < 1.29 is 18.7 Å². The Kier molecular flexibility index (Phi) is 4.30. The van der Waals surface area contributed by atoms with Crippen LogP contribution in [0.15, 0.2) is 47.4 Å². The quantitative estimate of drug-likeness (QED) is 0.840. The molecule has 2 aromatic rings. The largest absolute Gasteiger partial charge is 0.469 e. The highest BCUT2D eigenvalue weighted by Crippen LogP contribution is 2.53. The molecule has 1 amide bonds. The summed E-state index contributed by atoms with van der Waals surface area (Å²) in [5, 5.41) is 11.6. The maximum atomic E-state index is 14.4. The molecule has 7 nitrogen and oxygen atoms in total. The number of pyridine rings is 1. The number of nitriles is 1. The fraction of sp³-hybridized carbons (Fsp3) is 0.222. The van der Waals surface area contributed by atoms with Crippen LogP contribution in [0.3, 0.4) is 0 Å². The van der Waals surface area contributed by atoms with Crippen molar-refractivity contribution in [3.63, 3.8) is 0 Å². The summed E-state index contributed by atoms with van der Waals surface area (Å²) < 4.78 is 20.2. The predicted octanol–water partition coefficient (Wildman–Crippen LogP) is 1.62. The lowest BCUT2D eigenvalue weighted by Crippen LogP contribution is -2.27. The van der Waals surface area contributed by atoms with E-state index < -0.39 is 29.0 Å². The van der Waals surface area contributed by atoms with Gasteiger partial charge in [0.25, 0.3) is 5.56 Å². The van der Waals surface area contributed by atoms with Gasteiger partial charge in [0, 0.05) is 18.3 Å². The van der Waals surface area contributed by atoms with Gasteiger partial charge in [-0.2, -0.15) is 5.26 Å². The van der Waals surface area contributed by atoms with Crippen molar-refractivity contribution in [3.8, 4) is 11.8 Å². The van der Waals surface area contributed by atoms with E-state index in [0.717, 1.165) is 6.07 Å². The number of amides is 1. The van der Waals surface area contributed by atoms with Crippen LogP contribution in [0.1, 0.15) is 6.42 Å². The number of nitrogens with one attached hydrogen (secondary N) is 1. The van der Waals surface area contributed by atoms with Crippen molar-refractivity contribution in [2.45, 2.75) is 6.42 Å². The fourth-order valence-corrected chi connectivity index (χ4v) is 2.74. The lowest BCUT2D eigenvalue weighted by atomic mass is 10.0. The molecule has 1 N–H and O–H groups in total. The molecule has 2 unspecified atom stereocenters. The molecular formula is C18H14FN3O4. The van der Waals surface area contributed by atoms with Gasteiger partial charge in [-0.15, -0.1) is 0 Å². The first kappa shape index (κ1) is 17.4. The Morgan fingerprint density at radius 2 is 2.15 bits per heavy atom. The molecule has 1 fully saturated rings. The number of methoxy groups -OCH3 is 1. The number of rotatable bonds is 4. The average Bonchev–Trinajstić information content (AvgIpc) is 3.39. The molecule has 1 heterocycles. The van der Waals surface area contributed by atoms with Crippen LogP contribution < -0.4 is 10.9 Å². The molecule has 0 radical (unpaired) electrons. The number of anilines is 1. The zero-order valence-electron chi connectivity index (χ0n) is 13.7. The van der Waals surface area contributed by atoms with E-state index in [0.29, 0.717) is 5.69 Å². The number of halogens is 1. The Morgan fingerprint density at radius 3 is 2.77 bits per heavy atom. The molecule has 1 aliphatic carbocycles. The highest BCUT2D eigenvalue weighted by molar-refractivity contribution is 6.04. The number of hydrogen-bond acceptors (Lipinski definition) is 5. The molecule has 0 bridgehead atoms. The molecule has 0 saturated heterocycles. The monoisotopic (exact) mass is 355 g/mol. The first-order valence-corrected chi connectivity index (χ1v) is 7.71. The second-order valence-corrected chi connectivity index (χ2v) is 5.89. The minimum absolute atomic E-state index is 0.0289. The first-order chi connectivity index (χ1) is 12.4. The molecule has 1 aromatic heterocycles. The normalized spacial score (nSPS) is 20.7. The van der Waals surface area contributed by atoms with E-state index in [-0.39, 0.29) is 17.7 Å². The molecule has 8 heteroatoms. The van der Waals surface area contributed by atoms with Crippen LogP contribution in [0.5, 0.6) is 0 Å². The summed E-state index contributed by atoms with van der Waals surface area (Å²) in [7, 11) is 1.17. The molecular weight excluding hydrogens is 341 g/mol. The molecule has 132 valence electrons. The molecule has 1 aliphatic rings. The second kappa shape index (κ2) is 6.44. The van der Waals surface area contributed by atoms with Gasteiger partial charge in [0.1, 0.15) is 5.82 Å². The number of carbonyl (C=O) groups excluding carboxylic acids is 2. The van der Waals surface area contributed by atoms with Gasteiger partial charge >= 0.3 is 5.97 Å². The Labute approximate surface area is 147 Å². The van der Waals surface area contributed by atoms with Crippen molar-refractivity contribution >= 4 is 17.6 Å². The molecule has 2 atom stereocenters. The topological polar surface area (TPSA) is 101 Å². The van der Waals surface area contributed by atoms with Crippen LogP contribution in [0, 0.1) is 28.5 Å². The molecule has 0 spiro atoms. The first-order valence-electron chi connectivity index (χ1n) is 7.71. The summed E-state index contributed by atoms with van der Waals surface area (Å²) in [6.07, 6.45) is 1.52. The van der Waals surface area contributed by atoms with E-state index in [4.69, 9.17) is 0 Å². The minimum Gasteiger partial charge on any atom is -0.469 e. The third kappa shape index (κ3) is 2.84. The number of hydrogen-bond donors (Lipinski definition) is 1. The van der Waals surface area contributed by atoms with E-state index in [9.17, 15) is 24.0 Å². The summed E-state index contributed by atoms with van der Waals surface area (Å²) in [5.74, 6) is -3.04. The summed E-state index contributed by atoms with van der Waals surface area (Å²) in [6.45, 7) is 0. The van der Waals surface area contributed by atoms with Crippen molar-refractivity contribution in [3.05, 3.63) is 58.8 Å². The van der Waals surface area contributed by atoms with Gasteiger partial charge in [0.15, 0.2) is 5.41 Å². The van der Waals surface area contributed by atoms with Crippen LogP contribution >= 0.6 is 0 Å². The van der Waals surface area contributed by atoms with Gasteiger partial charge in [-0.25, -0.2) is 4.39 Å². The fourth-order valence-electron chi connectivity index (χ4n) is 2.74. The van der Waals surface area contributed by atoms with Gasteiger partial charge in [-0.3, -0.25) is 19.0 Å². The van der Waals surface area contributed by atoms with E-state index in [1.54, 1.807) is 12.1 Å². The van der Waals surface area contributed by atoms with Crippen molar-refractivity contribution in [1.82, 2.24) is 4.57 Å². The van der Waals surface area contributed by atoms with Gasteiger partial charge in [-0.05, 0) is 24.6 Å². The SMILES string of the molecule is COC(=O)C1CC1(C#N)C(=O)Nc1ccc(-n2ccccc2=O)cc1F. The lowest BCUT2D eigenvalue weighted by Gasteiger charge is -2.12. The molecule has 3 rings (SSSR count). The number of carbonyl (C=O) groups is 2. The summed E-state index contributed by atoms with van der Waals surface area (Å²) in [4.78, 5) is 35.7. The van der Waals surface area contributed by atoms with Gasteiger partial charge in [0.05, 0.1) is 30.5 Å². The van der Waals surface area contributed by atoms with Crippen LogP contribution in [0.4, 0.5) is 10.1 Å². The number of benzene rings is 1.